The Bertz CT molecular complexity index is 1030. The van der Waals surface area contributed by atoms with E-state index in [1.165, 1.54) is 23.2 Å². The molecule has 0 unspecified atom stereocenters. The van der Waals surface area contributed by atoms with E-state index in [-0.39, 0.29) is 17.2 Å². The molecule has 1 N–H and O–H groups in total. The van der Waals surface area contributed by atoms with Crippen LogP contribution in [0.1, 0.15) is 26.4 Å². The number of benzene rings is 2. The maximum absolute atomic E-state index is 12.7. The van der Waals surface area contributed by atoms with Crippen molar-refractivity contribution in [1.29, 1.82) is 5.26 Å². The Balaban J connectivity index is 1.82. The van der Waals surface area contributed by atoms with Crippen LogP contribution >= 0.6 is 0 Å². The Morgan fingerprint density at radius 1 is 1.04 bits per heavy atom. The lowest BCUT2D eigenvalue weighted by Gasteiger charge is -2.17. The van der Waals surface area contributed by atoms with E-state index in [1.54, 1.807) is 31.3 Å². The fourth-order valence-corrected chi connectivity index (χ4v) is 2.51. The number of para-hydroxylation sites is 2. The van der Waals surface area contributed by atoms with E-state index in [1.807, 2.05) is 36.4 Å². The van der Waals surface area contributed by atoms with Gasteiger partial charge in [-0.2, -0.15) is 5.26 Å². The maximum atomic E-state index is 12.7. The number of nitrogens with zero attached hydrogens (tertiary/aromatic N) is 3. The zero-order chi connectivity index (χ0) is 19.2. The second kappa shape index (κ2) is 7.93. The average Bonchev–Trinajstić information content (AvgIpc) is 2.73. The van der Waals surface area contributed by atoms with Gasteiger partial charge in [0.25, 0.3) is 11.8 Å². The van der Waals surface area contributed by atoms with Crippen LogP contribution in [-0.4, -0.2) is 23.8 Å². The molecule has 0 aliphatic heterocycles. The number of rotatable bonds is 4. The molecule has 3 rings (SSSR count). The second-order valence-corrected chi connectivity index (χ2v) is 5.74. The topological polar surface area (TPSA) is 86.1 Å². The molecule has 3 aromatic rings. The first-order valence-corrected chi connectivity index (χ1v) is 8.20. The largest absolute Gasteiger partial charge is 0.321 e. The Morgan fingerprint density at radius 3 is 2.48 bits per heavy atom. The number of nitrogens with one attached hydrogen (secondary N) is 1. The van der Waals surface area contributed by atoms with E-state index in [9.17, 15) is 9.59 Å². The van der Waals surface area contributed by atoms with Crippen molar-refractivity contribution in [2.75, 3.05) is 17.3 Å². The number of anilines is 2. The molecule has 0 spiro atoms. The van der Waals surface area contributed by atoms with Crippen LogP contribution < -0.4 is 10.2 Å². The van der Waals surface area contributed by atoms with Gasteiger partial charge in [-0.3, -0.25) is 14.6 Å². The van der Waals surface area contributed by atoms with Crippen LogP contribution in [0.3, 0.4) is 0 Å². The Kier molecular flexibility index (Phi) is 5.24. The van der Waals surface area contributed by atoms with Crippen LogP contribution in [0.2, 0.25) is 0 Å². The number of amides is 2. The van der Waals surface area contributed by atoms with Gasteiger partial charge in [-0.05, 0) is 36.4 Å². The van der Waals surface area contributed by atoms with Crippen molar-refractivity contribution >= 4 is 23.2 Å². The summed E-state index contributed by atoms with van der Waals surface area (Å²) in [5.41, 5.74) is 1.93. The highest BCUT2D eigenvalue weighted by Crippen LogP contribution is 2.17. The zero-order valence-corrected chi connectivity index (χ0v) is 14.6. The lowest BCUT2D eigenvalue weighted by molar-refractivity contribution is 0.0988. The van der Waals surface area contributed by atoms with Crippen molar-refractivity contribution in [3.05, 3.63) is 89.7 Å². The lowest BCUT2D eigenvalue weighted by Crippen LogP contribution is -2.27. The summed E-state index contributed by atoms with van der Waals surface area (Å²) in [5.74, 6) is -0.746. The lowest BCUT2D eigenvalue weighted by atomic mass is 10.1. The minimum Gasteiger partial charge on any atom is -0.321 e. The molecule has 0 radical (unpaired) electrons. The van der Waals surface area contributed by atoms with Gasteiger partial charge in [0.05, 0.1) is 11.3 Å². The monoisotopic (exact) mass is 356 g/mol. The molecular formula is C21H16N4O2. The summed E-state index contributed by atoms with van der Waals surface area (Å²) in [6.45, 7) is 0. The molecule has 6 heteroatoms. The molecule has 0 aliphatic rings. The van der Waals surface area contributed by atoms with Gasteiger partial charge in [-0.1, -0.05) is 30.3 Å². The van der Waals surface area contributed by atoms with Crippen molar-refractivity contribution in [3.63, 3.8) is 0 Å². The fraction of sp³-hybridized carbons (Fsp3) is 0.0476. The van der Waals surface area contributed by atoms with Gasteiger partial charge in [0, 0.05) is 24.5 Å². The number of nitriles is 1. The zero-order valence-electron chi connectivity index (χ0n) is 14.6. The van der Waals surface area contributed by atoms with Crippen LogP contribution in [0.25, 0.3) is 0 Å². The molecule has 0 atom stereocenters. The third kappa shape index (κ3) is 3.99. The Labute approximate surface area is 156 Å². The molecule has 2 amide bonds. The van der Waals surface area contributed by atoms with Crippen LogP contribution in [0, 0.1) is 11.3 Å². The number of hydrogen-bond donors (Lipinski definition) is 1. The van der Waals surface area contributed by atoms with Crippen LogP contribution in [0.5, 0.6) is 0 Å². The van der Waals surface area contributed by atoms with Crippen molar-refractivity contribution in [1.82, 2.24) is 4.98 Å². The maximum Gasteiger partial charge on any atom is 0.276 e. The van der Waals surface area contributed by atoms with E-state index in [4.69, 9.17) is 5.26 Å². The van der Waals surface area contributed by atoms with Gasteiger partial charge >= 0.3 is 0 Å². The Morgan fingerprint density at radius 2 is 1.74 bits per heavy atom. The quantitative estimate of drug-likeness (QED) is 0.775. The molecular weight excluding hydrogens is 340 g/mol. The molecule has 132 valence electrons. The van der Waals surface area contributed by atoms with Crippen molar-refractivity contribution in [2.24, 2.45) is 0 Å². The number of aromatic nitrogens is 1. The molecule has 0 bridgehead atoms. The average molecular weight is 356 g/mol. The van der Waals surface area contributed by atoms with Crippen molar-refractivity contribution < 1.29 is 9.59 Å². The summed E-state index contributed by atoms with van der Waals surface area (Å²) < 4.78 is 0. The van der Waals surface area contributed by atoms with Crippen molar-refractivity contribution in [2.45, 2.75) is 0 Å². The first-order valence-electron chi connectivity index (χ1n) is 8.20. The van der Waals surface area contributed by atoms with Crippen LogP contribution in [0.15, 0.2) is 72.9 Å². The van der Waals surface area contributed by atoms with Gasteiger partial charge in [0.2, 0.25) is 0 Å². The molecule has 1 aromatic heterocycles. The minimum absolute atomic E-state index is 0.155. The van der Waals surface area contributed by atoms with E-state index in [0.717, 1.165) is 5.69 Å². The number of carbonyl (C=O) groups excluding carboxylic acids is 2. The first kappa shape index (κ1) is 17.8. The summed E-state index contributed by atoms with van der Waals surface area (Å²) in [6.07, 6.45) is 1.41. The molecule has 27 heavy (non-hydrogen) atoms. The molecule has 2 aromatic carbocycles. The molecule has 0 saturated carbocycles. The number of carbonyl (C=O) groups is 2. The predicted molar refractivity (Wildman–Crippen MR) is 103 cm³/mol. The standard InChI is InChI=1S/C21H16N4O2/c1-25(17-8-3-2-4-9-17)21(27)19-13-15(11-12-23-19)20(26)24-18-10-6-5-7-16(18)14-22/h2-13H,1H3,(H,24,26). The molecule has 0 saturated heterocycles. The summed E-state index contributed by atoms with van der Waals surface area (Å²) >= 11 is 0. The highest BCUT2D eigenvalue weighted by molar-refractivity contribution is 6.08. The number of pyridine rings is 1. The van der Waals surface area contributed by atoms with E-state index in [0.29, 0.717) is 11.3 Å². The molecule has 0 fully saturated rings. The van der Waals surface area contributed by atoms with E-state index in [2.05, 4.69) is 10.3 Å². The van der Waals surface area contributed by atoms with Crippen molar-refractivity contribution in [3.8, 4) is 6.07 Å². The smallest absolute Gasteiger partial charge is 0.276 e. The predicted octanol–water partition coefficient (Wildman–Crippen LogP) is 3.48. The third-order valence-electron chi connectivity index (χ3n) is 3.99. The van der Waals surface area contributed by atoms with Gasteiger partial charge in [-0.15, -0.1) is 0 Å². The second-order valence-electron chi connectivity index (χ2n) is 5.74. The summed E-state index contributed by atoms with van der Waals surface area (Å²) in [7, 11) is 1.65. The summed E-state index contributed by atoms with van der Waals surface area (Å²) in [4.78, 5) is 30.7. The number of hydrogen-bond acceptors (Lipinski definition) is 4. The van der Waals surface area contributed by atoms with E-state index < -0.39 is 5.91 Å². The van der Waals surface area contributed by atoms with Gasteiger partial charge in [0.15, 0.2) is 0 Å². The van der Waals surface area contributed by atoms with E-state index >= 15 is 0 Å². The highest BCUT2D eigenvalue weighted by Gasteiger charge is 2.17. The fourth-order valence-electron chi connectivity index (χ4n) is 2.51. The molecule has 1 heterocycles. The normalized spacial score (nSPS) is 9.93. The van der Waals surface area contributed by atoms with Gasteiger partial charge < -0.3 is 10.2 Å². The molecule has 6 nitrogen and oxygen atoms in total. The van der Waals surface area contributed by atoms with Gasteiger partial charge in [0.1, 0.15) is 11.8 Å². The SMILES string of the molecule is CN(C(=O)c1cc(C(=O)Nc2ccccc2C#N)ccn1)c1ccccc1. The minimum atomic E-state index is -0.420. The van der Waals surface area contributed by atoms with Gasteiger partial charge in [-0.25, -0.2) is 0 Å². The highest BCUT2D eigenvalue weighted by atomic mass is 16.2. The first-order chi connectivity index (χ1) is 13.1. The molecule has 0 aliphatic carbocycles. The third-order valence-corrected chi connectivity index (χ3v) is 3.99. The summed E-state index contributed by atoms with van der Waals surface area (Å²) in [6, 6.07) is 20.9. The Hall–Kier alpha value is -3.98. The van der Waals surface area contributed by atoms with Crippen LogP contribution in [-0.2, 0) is 0 Å². The van der Waals surface area contributed by atoms with Crippen LogP contribution in [0.4, 0.5) is 11.4 Å². The summed E-state index contributed by atoms with van der Waals surface area (Å²) in [5, 5.41) is 11.8.